The summed E-state index contributed by atoms with van der Waals surface area (Å²) in [5, 5.41) is 2.81. The van der Waals surface area contributed by atoms with Crippen molar-refractivity contribution in [1.29, 1.82) is 0 Å². The Kier molecular flexibility index (Phi) is 4.41. The Labute approximate surface area is 116 Å². The van der Waals surface area contributed by atoms with Gasteiger partial charge in [0.05, 0.1) is 5.69 Å². The van der Waals surface area contributed by atoms with E-state index in [0.717, 1.165) is 20.4 Å². The summed E-state index contributed by atoms with van der Waals surface area (Å²) >= 11 is 2.25. The van der Waals surface area contributed by atoms with Gasteiger partial charge in [0.15, 0.2) is 0 Å². The van der Waals surface area contributed by atoms with Crippen LogP contribution in [0.2, 0.25) is 0 Å². The van der Waals surface area contributed by atoms with E-state index in [9.17, 15) is 4.79 Å². The van der Waals surface area contributed by atoms with Crippen LogP contribution in [0.25, 0.3) is 0 Å². The summed E-state index contributed by atoms with van der Waals surface area (Å²) in [5.41, 5.74) is 2.46. The van der Waals surface area contributed by atoms with Gasteiger partial charge in [0.25, 0.3) is 0 Å². The Hall–Kier alpha value is -0.780. The van der Waals surface area contributed by atoms with Gasteiger partial charge in [0, 0.05) is 3.57 Å². The van der Waals surface area contributed by atoms with Crippen molar-refractivity contribution in [2.75, 3.05) is 5.32 Å². The smallest absolute Gasteiger partial charge is 0.412 e. The molecule has 1 rings (SSSR count). The van der Waals surface area contributed by atoms with Gasteiger partial charge in [-0.1, -0.05) is 6.07 Å². The van der Waals surface area contributed by atoms with Crippen molar-refractivity contribution in [2.45, 2.75) is 40.2 Å². The molecule has 0 unspecified atom stereocenters. The molecule has 1 aromatic rings. The minimum absolute atomic E-state index is 0.411. The van der Waals surface area contributed by atoms with Gasteiger partial charge in [-0.25, -0.2) is 4.79 Å². The normalized spacial score (nSPS) is 11.2. The number of ether oxygens (including phenoxy) is 1. The molecule has 0 aliphatic carbocycles. The second-order valence-electron chi connectivity index (χ2n) is 4.99. The molecule has 0 bridgehead atoms. The molecule has 0 atom stereocenters. The molecule has 3 nitrogen and oxygen atoms in total. The second-order valence-corrected chi connectivity index (χ2v) is 6.15. The lowest BCUT2D eigenvalue weighted by atomic mass is 10.1. The highest BCUT2D eigenvalue weighted by Gasteiger charge is 2.17. The van der Waals surface area contributed by atoms with Crippen molar-refractivity contribution < 1.29 is 9.53 Å². The van der Waals surface area contributed by atoms with Crippen molar-refractivity contribution in [2.24, 2.45) is 0 Å². The zero-order chi connectivity index (χ0) is 13.2. The summed E-state index contributed by atoms with van der Waals surface area (Å²) in [4.78, 5) is 11.7. The van der Waals surface area contributed by atoms with E-state index in [1.165, 1.54) is 0 Å². The molecule has 1 amide bonds. The van der Waals surface area contributed by atoms with Crippen molar-refractivity contribution in [1.82, 2.24) is 0 Å². The fourth-order valence-electron chi connectivity index (χ4n) is 1.42. The number of nitrogens with one attached hydrogen (secondary N) is 1. The van der Waals surface area contributed by atoms with E-state index < -0.39 is 11.7 Å². The summed E-state index contributed by atoms with van der Waals surface area (Å²) in [7, 11) is 0. The lowest BCUT2D eigenvalue weighted by molar-refractivity contribution is 0.0635. The van der Waals surface area contributed by atoms with Crippen LogP contribution in [0.1, 0.15) is 31.9 Å². The van der Waals surface area contributed by atoms with Crippen LogP contribution in [0, 0.1) is 17.4 Å². The van der Waals surface area contributed by atoms with Crippen molar-refractivity contribution in [3.05, 3.63) is 26.8 Å². The van der Waals surface area contributed by atoms with Crippen LogP contribution in [-0.4, -0.2) is 11.7 Å². The van der Waals surface area contributed by atoms with Crippen LogP contribution in [-0.2, 0) is 4.74 Å². The van der Waals surface area contributed by atoms with Crippen LogP contribution in [0.4, 0.5) is 10.5 Å². The van der Waals surface area contributed by atoms with Crippen LogP contribution in [0.3, 0.4) is 0 Å². The van der Waals surface area contributed by atoms with Gasteiger partial charge < -0.3 is 4.74 Å². The molecular formula is C13H18INO2. The van der Waals surface area contributed by atoms with E-state index in [2.05, 4.69) is 27.9 Å². The van der Waals surface area contributed by atoms with E-state index in [0.29, 0.717) is 0 Å². The third-order valence-electron chi connectivity index (χ3n) is 2.23. The lowest BCUT2D eigenvalue weighted by Gasteiger charge is -2.21. The summed E-state index contributed by atoms with van der Waals surface area (Å²) in [6.45, 7) is 9.50. The summed E-state index contributed by atoms with van der Waals surface area (Å²) in [6, 6.07) is 4.02. The van der Waals surface area contributed by atoms with E-state index in [-0.39, 0.29) is 0 Å². The monoisotopic (exact) mass is 347 g/mol. The maximum Gasteiger partial charge on any atom is 0.412 e. The first kappa shape index (κ1) is 14.3. The molecule has 0 aliphatic rings. The molecule has 0 saturated heterocycles. The third-order valence-corrected chi connectivity index (χ3v) is 3.40. The van der Waals surface area contributed by atoms with Crippen molar-refractivity contribution in [3.8, 4) is 0 Å². The Morgan fingerprint density at radius 2 is 1.88 bits per heavy atom. The molecule has 0 heterocycles. The lowest BCUT2D eigenvalue weighted by Crippen LogP contribution is -2.27. The first-order valence-electron chi connectivity index (χ1n) is 5.46. The first-order chi connectivity index (χ1) is 7.70. The van der Waals surface area contributed by atoms with Gasteiger partial charge in [-0.3, -0.25) is 5.32 Å². The fraction of sp³-hybridized carbons (Fsp3) is 0.462. The zero-order valence-electron chi connectivity index (χ0n) is 10.8. The summed E-state index contributed by atoms with van der Waals surface area (Å²) in [5.74, 6) is 0. The number of hydrogen-bond acceptors (Lipinski definition) is 2. The minimum atomic E-state index is -0.478. The Balaban J connectivity index is 2.89. The van der Waals surface area contributed by atoms with E-state index in [1.807, 2.05) is 46.8 Å². The van der Waals surface area contributed by atoms with Gasteiger partial charge in [0.2, 0.25) is 0 Å². The van der Waals surface area contributed by atoms with Crippen LogP contribution in [0.15, 0.2) is 12.1 Å². The van der Waals surface area contributed by atoms with E-state index in [4.69, 9.17) is 4.74 Å². The SMILES string of the molecule is Cc1ccc(I)c(C)c1NC(=O)OC(C)(C)C. The van der Waals surface area contributed by atoms with Gasteiger partial charge in [-0.05, 0) is 74.4 Å². The summed E-state index contributed by atoms with van der Waals surface area (Å²) in [6.07, 6.45) is -0.411. The Bertz CT molecular complexity index is 436. The number of hydrogen-bond donors (Lipinski definition) is 1. The Morgan fingerprint density at radius 1 is 1.29 bits per heavy atom. The predicted octanol–water partition coefficient (Wildman–Crippen LogP) is 4.26. The summed E-state index contributed by atoms with van der Waals surface area (Å²) < 4.78 is 6.36. The number of benzene rings is 1. The average molecular weight is 347 g/mol. The molecule has 0 aromatic heterocycles. The standard InChI is InChI=1S/C13H18INO2/c1-8-6-7-10(14)9(2)11(8)15-12(16)17-13(3,4)5/h6-7H,1-5H3,(H,15,16). The van der Waals surface area contributed by atoms with Crippen LogP contribution < -0.4 is 5.32 Å². The number of amides is 1. The third kappa shape index (κ3) is 4.18. The molecule has 0 aliphatic heterocycles. The van der Waals surface area contributed by atoms with Crippen LogP contribution in [0.5, 0.6) is 0 Å². The van der Waals surface area contributed by atoms with E-state index in [1.54, 1.807) is 0 Å². The van der Waals surface area contributed by atoms with Gasteiger partial charge in [-0.15, -0.1) is 0 Å². The number of carbonyl (C=O) groups excluding carboxylic acids is 1. The quantitative estimate of drug-likeness (QED) is 0.771. The molecular weight excluding hydrogens is 329 g/mol. The Morgan fingerprint density at radius 3 is 2.41 bits per heavy atom. The largest absolute Gasteiger partial charge is 0.444 e. The number of carbonyl (C=O) groups is 1. The molecule has 0 radical (unpaired) electrons. The molecule has 1 aromatic carbocycles. The first-order valence-corrected chi connectivity index (χ1v) is 6.54. The zero-order valence-corrected chi connectivity index (χ0v) is 13.0. The predicted molar refractivity (Wildman–Crippen MR) is 78.5 cm³/mol. The number of halogens is 1. The molecule has 94 valence electrons. The fourth-order valence-corrected chi connectivity index (χ4v) is 1.87. The van der Waals surface area contributed by atoms with Crippen LogP contribution >= 0.6 is 22.6 Å². The maximum atomic E-state index is 11.7. The second kappa shape index (κ2) is 5.25. The molecule has 0 spiro atoms. The molecule has 0 saturated carbocycles. The molecule has 1 N–H and O–H groups in total. The maximum absolute atomic E-state index is 11.7. The molecule has 4 heteroatoms. The average Bonchev–Trinajstić information content (AvgIpc) is 2.16. The van der Waals surface area contributed by atoms with Crippen molar-refractivity contribution >= 4 is 34.4 Å². The van der Waals surface area contributed by atoms with Gasteiger partial charge >= 0.3 is 6.09 Å². The highest BCUT2D eigenvalue weighted by Crippen LogP contribution is 2.25. The van der Waals surface area contributed by atoms with Crippen molar-refractivity contribution in [3.63, 3.8) is 0 Å². The highest BCUT2D eigenvalue weighted by atomic mass is 127. The highest BCUT2D eigenvalue weighted by molar-refractivity contribution is 14.1. The number of aryl methyl sites for hydroxylation is 1. The van der Waals surface area contributed by atoms with Gasteiger partial charge in [-0.2, -0.15) is 0 Å². The number of rotatable bonds is 1. The molecule has 0 fully saturated rings. The van der Waals surface area contributed by atoms with Gasteiger partial charge in [0.1, 0.15) is 5.60 Å². The van der Waals surface area contributed by atoms with E-state index >= 15 is 0 Å². The minimum Gasteiger partial charge on any atom is -0.444 e. The topological polar surface area (TPSA) is 38.3 Å². The number of anilines is 1. The molecule has 17 heavy (non-hydrogen) atoms.